The van der Waals surface area contributed by atoms with Gasteiger partial charge in [-0.3, -0.25) is 0 Å². The van der Waals surface area contributed by atoms with Crippen LogP contribution in [0.25, 0.3) is 0 Å². The minimum absolute atomic E-state index is 0.0357. The summed E-state index contributed by atoms with van der Waals surface area (Å²) in [5, 5.41) is 5.96. The molecule has 2 amide bonds. The zero-order valence-corrected chi connectivity index (χ0v) is 13.9. The number of nitrogens with one attached hydrogen (secondary N) is 1. The first-order chi connectivity index (χ1) is 11.8. The summed E-state index contributed by atoms with van der Waals surface area (Å²) in [7, 11) is 0. The fourth-order valence-electron chi connectivity index (χ4n) is 2.81. The number of carbonyl (C=O) groups is 1. The van der Waals surface area contributed by atoms with Crippen LogP contribution in [0.3, 0.4) is 0 Å². The van der Waals surface area contributed by atoms with Gasteiger partial charge in [0.2, 0.25) is 6.79 Å². The zero-order chi connectivity index (χ0) is 16.4. The molecule has 4 rings (SSSR count). The molecule has 0 unspecified atom stereocenters. The maximum atomic E-state index is 12.3. The predicted octanol–water partition coefficient (Wildman–Crippen LogP) is 1.90. The lowest BCUT2D eigenvalue weighted by Crippen LogP contribution is -2.51. The minimum Gasteiger partial charge on any atom is -0.454 e. The molecule has 0 atom stereocenters. The summed E-state index contributed by atoms with van der Waals surface area (Å²) >= 11 is 1.63. The number of nitrogens with zero attached hydrogens (tertiary/aromatic N) is 3. The SMILES string of the molecule is O=C(NCc1ccc2c(c1)OCO2)N1CCN(c2nccs2)CC1. The Morgan fingerprint density at radius 2 is 2.04 bits per heavy atom. The van der Waals surface area contributed by atoms with E-state index in [1.165, 1.54) is 0 Å². The Morgan fingerprint density at radius 3 is 2.83 bits per heavy atom. The third-order valence-electron chi connectivity index (χ3n) is 4.14. The number of benzene rings is 1. The van der Waals surface area contributed by atoms with Crippen LogP contribution in [0.15, 0.2) is 29.8 Å². The van der Waals surface area contributed by atoms with Crippen LogP contribution in [-0.2, 0) is 6.54 Å². The van der Waals surface area contributed by atoms with Crippen LogP contribution < -0.4 is 19.7 Å². The smallest absolute Gasteiger partial charge is 0.317 e. The molecule has 24 heavy (non-hydrogen) atoms. The van der Waals surface area contributed by atoms with Gasteiger partial charge in [0.25, 0.3) is 0 Å². The summed E-state index contributed by atoms with van der Waals surface area (Å²) < 4.78 is 10.6. The molecule has 2 aliphatic heterocycles. The number of hydrogen-bond donors (Lipinski definition) is 1. The number of urea groups is 1. The van der Waals surface area contributed by atoms with E-state index in [9.17, 15) is 4.79 Å². The Labute approximate surface area is 143 Å². The maximum Gasteiger partial charge on any atom is 0.317 e. The van der Waals surface area contributed by atoms with Gasteiger partial charge in [-0.15, -0.1) is 11.3 Å². The molecule has 0 bridgehead atoms. The van der Waals surface area contributed by atoms with Crippen LogP contribution in [0, 0.1) is 0 Å². The minimum atomic E-state index is -0.0357. The Balaban J connectivity index is 1.28. The summed E-state index contributed by atoms with van der Waals surface area (Å²) in [4.78, 5) is 20.7. The third-order valence-corrected chi connectivity index (χ3v) is 4.97. The van der Waals surface area contributed by atoms with Crippen LogP contribution in [0.4, 0.5) is 9.93 Å². The predicted molar refractivity (Wildman–Crippen MR) is 90.7 cm³/mol. The summed E-state index contributed by atoms with van der Waals surface area (Å²) in [5.41, 5.74) is 0.994. The first-order valence-corrected chi connectivity index (χ1v) is 8.73. The first-order valence-electron chi connectivity index (χ1n) is 7.85. The molecule has 1 N–H and O–H groups in total. The monoisotopic (exact) mass is 346 g/mol. The molecule has 8 heteroatoms. The van der Waals surface area contributed by atoms with Crippen molar-refractivity contribution in [2.45, 2.75) is 6.54 Å². The topological polar surface area (TPSA) is 66.9 Å². The lowest BCUT2D eigenvalue weighted by atomic mass is 10.2. The largest absolute Gasteiger partial charge is 0.454 e. The molecule has 1 aromatic heterocycles. The zero-order valence-electron chi connectivity index (χ0n) is 13.1. The fourth-order valence-corrected chi connectivity index (χ4v) is 3.51. The molecular formula is C16H18N4O3S. The van der Waals surface area contributed by atoms with E-state index in [1.807, 2.05) is 34.7 Å². The van der Waals surface area contributed by atoms with Crippen molar-refractivity contribution >= 4 is 22.5 Å². The molecule has 7 nitrogen and oxygen atoms in total. The first kappa shape index (κ1) is 15.1. The summed E-state index contributed by atoms with van der Waals surface area (Å²) in [6.07, 6.45) is 1.81. The molecule has 3 heterocycles. The second-order valence-corrected chi connectivity index (χ2v) is 6.51. The number of carbonyl (C=O) groups excluding carboxylic acids is 1. The van der Waals surface area contributed by atoms with Crippen molar-refractivity contribution < 1.29 is 14.3 Å². The Hall–Kier alpha value is -2.48. The second-order valence-electron chi connectivity index (χ2n) is 5.64. The summed E-state index contributed by atoms with van der Waals surface area (Å²) in [5.74, 6) is 1.49. The number of piperazine rings is 1. The highest BCUT2D eigenvalue weighted by Crippen LogP contribution is 2.32. The molecule has 0 spiro atoms. The highest BCUT2D eigenvalue weighted by atomic mass is 32.1. The normalized spacial score (nSPS) is 16.3. The van der Waals surface area contributed by atoms with Crippen molar-refractivity contribution in [3.63, 3.8) is 0 Å². The van der Waals surface area contributed by atoms with Gasteiger partial charge in [-0.05, 0) is 17.7 Å². The average Bonchev–Trinajstić information content (AvgIpc) is 3.31. The van der Waals surface area contributed by atoms with E-state index in [0.717, 1.165) is 35.3 Å². The lowest BCUT2D eigenvalue weighted by molar-refractivity contribution is 0.174. The van der Waals surface area contributed by atoms with Crippen molar-refractivity contribution in [3.05, 3.63) is 35.3 Å². The van der Waals surface area contributed by atoms with E-state index >= 15 is 0 Å². The number of rotatable bonds is 3. The Morgan fingerprint density at radius 1 is 1.21 bits per heavy atom. The van der Waals surface area contributed by atoms with E-state index in [-0.39, 0.29) is 12.8 Å². The third kappa shape index (κ3) is 3.09. The van der Waals surface area contributed by atoms with Crippen molar-refractivity contribution in [3.8, 4) is 11.5 Å². The molecule has 0 radical (unpaired) electrons. The molecular weight excluding hydrogens is 328 g/mol. The molecule has 1 saturated heterocycles. The van der Waals surface area contributed by atoms with Crippen LogP contribution in [0.5, 0.6) is 11.5 Å². The molecule has 1 fully saturated rings. The number of hydrogen-bond acceptors (Lipinski definition) is 6. The van der Waals surface area contributed by atoms with Crippen LogP contribution >= 0.6 is 11.3 Å². The van der Waals surface area contributed by atoms with Gasteiger partial charge in [-0.2, -0.15) is 0 Å². The van der Waals surface area contributed by atoms with Crippen molar-refractivity contribution in [2.75, 3.05) is 37.9 Å². The van der Waals surface area contributed by atoms with Crippen LogP contribution in [-0.4, -0.2) is 48.9 Å². The fraction of sp³-hybridized carbons (Fsp3) is 0.375. The molecule has 0 aliphatic carbocycles. The quantitative estimate of drug-likeness (QED) is 0.919. The van der Waals surface area contributed by atoms with E-state index in [2.05, 4.69) is 15.2 Å². The molecule has 1 aromatic carbocycles. The number of amides is 2. The molecule has 0 saturated carbocycles. The van der Waals surface area contributed by atoms with Gasteiger partial charge in [-0.1, -0.05) is 6.07 Å². The Bertz CT molecular complexity index is 714. The van der Waals surface area contributed by atoms with Gasteiger partial charge in [0, 0.05) is 44.3 Å². The van der Waals surface area contributed by atoms with Crippen molar-refractivity contribution in [1.82, 2.24) is 15.2 Å². The van der Waals surface area contributed by atoms with Gasteiger partial charge in [0.1, 0.15) is 0 Å². The molecule has 126 valence electrons. The Kier molecular flexibility index (Phi) is 4.12. The van der Waals surface area contributed by atoms with Gasteiger partial charge in [-0.25, -0.2) is 9.78 Å². The summed E-state index contributed by atoms with van der Waals surface area (Å²) in [6, 6.07) is 5.68. The molecule has 2 aliphatic rings. The van der Waals surface area contributed by atoms with Crippen LogP contribution in [0.2, 0.25) is 0 Å². The van der Waals surface area contributed by atoms with Crippen LogP contribution in [0.1, 0.15) is 5.56 Å². The highest BCUT2D eigenvalue weighted by Gasteiger charge is 2.22. The van der Waals surface area contributed by atoms with E-state index < -0.39 is 0 Å². The van der Waals surface area contributed by atoms with E-state index in [0.29, 0.717) is 19.6 Å². The number of thiazole rings is 1. The lowest BCUT2D eigenvalue weighted by Gasteiger charge is -2.34. The number of fused-ring (bicyclic) bond motifs is 1. The van der Waals surface area contributed by atoms with Gasteiger partial charge < -0.3 is 24.6 Å². The average molecular weight is 346 g/mol. The van der Waals surface area contributed by atoms with E-state index in [4.69, 9.17) is 9.47 Å². The summed E-state index contributed by atoms with van der Waals surface area (Å²) in [6.45, 7) is 3.76. The highest BCUT2D eigenvalue weighted by molar-refractivity contribution is 7.13. The van der Waals surface area contributed by atoms with E-state index in [1.54, 1.807) is 11.3 Å². The number of aromatic nitrogens is 1. The van der Waals surface area contributed by atoms with Gasteiger partial charge in [0.05, 0.1) is 0 Å². The van der Waals surface area contributed by atoms with Gasteiger partial charge >= 0.3 is 6.03 Å². The number of ether oxygens (including phenoxy) is 2. The second kappa shape index (κ2) is 6.56. The van der Waals surface area contributed by atoms with Crippen molar-refractivity contribution in [1.29, 1.82) is 0 Å². The van der Waals surface area contributed by atoms with Gasteiger partial charge in [0.15, 0.2) is 16.6 Å². The molecule has 2 aromatic rings. The maximum absolute atomic E-state index is 12.3. The van der Waals surface area contributed by atoms with Crippen molar-refractivity contribution in [2.24, 2.45) is 0 Å². The number of anilines is 1. The standard InChI is InChI=1S/C16H18N4O3S/c21-15(18-10-12-1-2-13-14(9-12)23-11-22-13)19-4-6-20(7-5-19)16-17-3-8-24-16/h1-3,8-9H,4-7,10-11H2,(H,18,21).